The van der Waals surface area contributed by atoms with E-state index in [9.17, 15) is 12.8 Å². The van der Waals surface area contributed by atoms with E-state index in [0.717, 1.165) is 16.4 Å². The van der Waals surface area contributed by atoms with Crippen LogP contribution in [0.5, 0.6) is 0 Å². The second-order valence-electron chi connectivity index (χ2n) is 7.14. The lowest BCUT2D eigenvalue weighted by Gasteiger charge is -2.27. The molecule has 0 bridgehead atoms. The zero-order valence-electron chi connectivity index (χ0n) is 15.2. The van der Waals surface area contributed by atoms with Gasteiger partial charge >= 0.3 is 0 Å². The SMILES string of the molecule is Cc1ccc(N2C(SCc3ccccc3F)=N[C@H]3CS(=O)(=O)C[C@@H]32)cc1C. The van der Waals surface area contributed by atoms with E-state index in [-0.39, 0.29) is 29.4 Å². The maximum absolute atomic E-state index is 14.0. The van der Waals surface area contributed by atoms with Crippen LogP contribution in [0.1, 0.15) is 16.7 Å². The molecule has 0 unspecified atom stereocenters. The minimum atomic E-state index is -3.08. The summed E-state index contributed by atoms with van der Waals surface area (Å²) in [6.07, 6.45) is 0. The highest BCUT2D eigenvalue weighted by atomic mass is 32.2. The number of amidine groups is 1. The Balaban J connectivity index is 1.65. The van der Waals surface area contributed by atoms with Crippen LogP contribution in [0.2, 0.25) is 0 Å². The summed E-state index contributed by atoms with van der Waals surface area (Å²) < 4.78 is 38.2. The van der Waals surface area contributed by atoms with Gasteiger partial charge < -0.3 is 4.90 Å². The van der Waals surface area contributed by atoms with Crippen molar-refractivity contribution in [1.82, 2.24) is 0 Å². The Kier molecular flexibility index (Phi) is 4.76. The molecule has 2 aliphatic rings. The summed E-state index contributed by atoms with van der Waals surface area (Å²) in [6.45, 7) is 4.09. The fourth-order valence-corrected chi connectivity index (χ4v) is 6.52. The molecule has 2 aromatic carbocycles. The van der Waals surface area contributed by atoms with E-state index in [2.05, 4.69) is 6.07 Å². The fourth-order valence-electron chi connectivity index (χ4n) is 3.57. The van der Waals surface area contributed by atoms with Gasteiger partial charge in [-0.1, -0.05) is 36.0 Å². The van der Waals surface area contributed by atoms with Crippen molar-refractivity contribution in [2.24, 2.45) is 4.99 Å². The molecular formula is C20H21FN2O2S2. The van der Waals surface area contributed by atoms with Crippen LogP contribution in [0, 0.1) is 19.7 Å². The van der Waals surface area contributed by atoms with Crippen LogP contribution < -0.4 is 4.90 Å². The van der Waals surface area contributed by atoms with Crippen molar-refractivity contribution in [2.45, 2.75) is 31.7 Å². The van der Waals surface area contributed by atoms with Crippen molar-refractivity contribution in [2.75, 3.05) is 16.4 Å². The normalized spacial score (nSPS) is 23.4. The van der Waals surface area contributed by atoms with Gasteiger partial charge in [0.1, 0.15) is 5.82 Å². The first kappa shape index (κ1) is 18.5. The third-order valence-corrected chi connectivity index (χ3v) is 7.91. The van der Waals surface area contributed by atoms with Gasteiger partial charge in [-0.05, 0) is 48.7 Å². The average molecular weight is 405 g/mol. The summed E-state index contributed by atoms with van der Waals surface area (Å²) in [6, 6.07) is 12.4. The number of anilines is 1. The Morgan fingerprint density at radius 2 is 1.93 bits per heavy atom. The number of halogens is 1. The standard InChI is InChI=1S/C20H21FN2O2S2/c1-13-7-8-16(9-14(13)2)23-19-12-27(24,25)11-18(19)22-20(23)26-10-15-5-3-4-6-17(15)21/h3-9,18-19H,10-12H2,1-2H3/t18-,19-/m0/s1. The largest absolute Gasteiger partial charge is 0.315 e. The van der Waals surface area contributed by atoms with Crippen molar-refractivity contribution >= 4 is 32.5 Å². The summed E-state index contributed by atoms with van der Waals surface area (Å²) in [5.74, 6) is 0.420. The fraction of sp³-hybridized carbons (Fsp3) is 0.350. The van der Waals surface area contributed by atoms with Gasteiger partial charge in [0.25, 0.3) is 0 Å². The van der Waals surface area contributed by atoms with Crippen LogP contribution >= 0.6 is 11.8 Å². The first-order valence-corrected chi connectivity index (χ1v) is 11.7. The van der Waals surface area contributed by atoms with Crippen molar-refractivity contribution in [3.8, 4) is 0 Å². The van der Waals surface area contributed by atoms with Gasteiger partial charge in [0.05, 0.1) is 23.6 Å². The van der Waals surface area contributed by atoms with Gasteiger partial charge in [-0.3, -0.25) is 4.99 Å². The Morgan fingerprint density at radius 1 is 1.15 bits per heavy atom. The van der Waals surface area contributed by atoms with E-state index in [4.69, 9.17) is 4.99 Å². The second-order valence-corrected chi connectivity index (χ2v) is 10.2. The summed E-state index contributed by atoms with van der Waals surface area (Å²) in [5.41, 5.74) is 3.90. The molecule has 142 valence electrons. The Morgan fingerprint density at radius 3 is 2.67 bits per heavy atom. The predicted molar refractivity (Wildman–Crippen MR) is 110 cm³/mol. The first-order valence-electron chi connectivity index (χ1n) is 8.85. The van der Waals surface area contributed by atoms with Gasteiger partial charge in [-0.25, -0.2) is 12.8 Å². The topological polar surface area (TPSA) is 49.7 Å². The number of thioether (sulfide) groups is 1. The first-order chi connectivity index (χ1) is 12.8. The molecule has 0 spiro atoms. The van der Waals surface area contributed by atoms with E-state index in [0.29, 0.717) is 11.3 Å². The highest BCUT2D eigenvalue weighted by molar-refractivity contribution is 8.13. The van der Waals surface area contributed by atoms with Crippen LogP contribution in [0.4, 0.5) is 10.1 Å². The number of aliphatic imine (C=N–C) groups is 1. The summed E-state index contributed by atoms with van der Waals surface area (Å²) >= 11 is 1.46. The monoisotopic (exact) mass is 404 g/mol. The molecular weight excluding hydrogens is 383 g/mol. The van der Waals surface area contributed by atoms with Crippen molar-refractivity contribution in [3.63, 3.8) is 0 Å². The lowest BCUT2D eigenvalue weighted by Crippen LogP contribution is -2.39. The molecule has 0 aromatic heterocycles. The van der Waals surface area contributed by atoms with Gasteiger partial charge in [-0.2, -0.15) is 0 Å². The number of nitrogens with zero attached hydrogens (tertiary/aromatic N) is 2. The summed E-state index contributed by atoms with van der Waals surface area (Å²) in [4.78, 5) is 6.74. The summed E-state index contributed by atoms with van der Waals surface area (Å²) in [5, 5.41) is 0.770. The molecule has 2 aliphatic heterocycles. The molecule has 27 heavy (non-hydrogen) atoms. The van der Waals surface area contributed by atoms with Crippen molar-refractivity contribution < 1.29 is 12.8 Å². The molecule has 0 aliphatic carbocycles. The van der Waals surface area contributed by atoms with E-state index in [1.54, 1.807) is 12.1 Å². The quantitative estimate of drug-likeness (QED) is 0.782. The third kappa shape index (κ3) is 3.62. The van der Waals surface area contributed by atoms with Crippen LogP contribution in [-0.4, -0.2) is 37.2 Å². The smallest absolute Gasteiger partial charge is 0.164 e. The third-order valence-electron chi connectivity index (χ3n) is 5.19. The minimum Gasteiger partial charge on any atom is -0.315 e. The Labute approximate surface area is 163 Å². The molecule has 4 nitrogen and oxygen atoms in total. The summed E-state index contributed by atoms with van der Waals surface area (Å²) in [7, 11) is -3.08. The zero-order chi connectivity index (χ0) is 19.2. The van der Waals surface area contributed by atoms with E-state index in [1.165, 1.54) is 23.4 Å². The van der Waals surface area contributed by atoms with E-state index < -0.39 is 9.84 Å². The Bertz CT molecular complexity index is 1020. The maximum atomic E-state index is 14.0. The molecule has 7 heteroatoms. The van der Waals surface area contributed by atoms with Crippen molar-refractivity contribution in [1.29, 1.82) is 0 Å². The van der Waals surface area contributed by atoms with Crippen LogP contribution in [0.15, 0.2) is 47.5 Å². The molecule has 1 fully saturated rings. The lowest BCUT2D eigenvalue weighted by atomic mass is 10.1. The number of fused-ring (bicyclic) bond motifs is 1. The molecule has 0 saturated carbocycles. The molecule has 2 aromatic rings. The van der Waals surface area contributed by atoms with Gasteiger partial charge in [0, 0.05) is 11.4 Å². The molecule has 0 amide bonds. The van der Waals surface area contributed by atoms with E-state index >= 15 is 0 Å². The Hall–Kier alpha value is -1.86. The van der Waals surface area contributed by atoms with Crippen LogP contribution in [0.25, 0.3) is 0 Å². The molecule has 0 N–H and O–H groups in total. The van der Waals surface area contributed by atoms with Gasteiger partial charge in [-0.15, -0.1) is 0 Å². The molecule has 1 saturated heterocycles. The number of rotatable bonds is 3. The minimum absolute atomic E-state index is 0.0861. The second kappa shape index (κ2) is 6.95. The van der Waals surface area contributed by atoms with Crippen molar-refractivity contribution in [3.05, 3.63) is 65.0 Å². The average Bonchev–Trinajstić information content (AvgIpc) is 3.08. The predicted octanol–water partition coefficient (Wildman–Crippen LogP) is 3.72. The number of benzene rings is 2. The molecule has 2 atom stereocenters. The highest BCUT2D eigenvalue weighted by Gasteiger charge is 2.47. The van der Waals surface area contributed by atoms with Crippen LogP contribution in [0.3, 0.4) is 0 Å². The maximum Gasteiger partial charge on any atom is 0.164 e. The van der Waals surface area contributed by atoms with Crippen LogP contribution in [-0.2, 0) is 15.6 Å². The van der Waals surface area contributed by atoms with Gasteiger partial charge in [0.2, 0.25) is 0 Å². The highest BCUT2D eigenvalue weighted by Crippen LogP contribution is 2.36. The molecule has 0 radical (unpaired) electrons. The number of hydrogen-bond acceptors (Lipinski definition) is 5. The zero-order valence-corrected chi connectivity index (χ0v) is 16.9. The number of aryl methyl sites for hydroxylation is 2. The lowest BCUT2D eigenvalue weighted by molar-refractivity contribution is 0.601. The number of hydrogen-bond donors (Lipinski definition) is 0. The van der Waals surface area contributed by atoms with Gasteiger partial charge in [0.15, 0.2) is 15.0 Å². The molecule has 2 heterocycles. The van der Waals surface area contributed by atoms with E-state index in [1.807, 2.05) is 36.9 Å². The number of sulfone groups is 1. The molecule has 4 rings (SSSR count).